The molecule has 1 aromatic heterocycles. The van der Waals surface area contributed by atoms with Crippen LogP contribution in [0, 0.1) is 5.92 Å². The highest BCUT2D eigenvalue weighted by atomic mass is 16.1. The van der Waals surface area contributed by atoms with Gasteiger partial charge in [-0.1, -0.05) is 6.92 Å². The summed E-state index contributed by atoms with van der Waals surface area (Å²) in [6.07, 6.45) is 5.66. The summed E-state index contributed by atoms with van der Waals surface area (Å²) in [6, 6.07) is 2.02. The van der Waals surface area contributed by atoms with Crippen LogP contribution in [0.15, 0.2) is 12.4 Å². The fourth-order valence-electron chi connectivity index (χ4n) is 2.08. The number of piperidine rings is 1. The zero-order chi connectivity index (χ0) is 11.4. The van der Waals surface area contributed by atoms with Gasteiger partial charge in [0, 0.05) is 30.8 Å². The molecule has 2 rings (SSSR count). The standard InChI is InChI=1S/C12H17N3O/c1-2-11-6-12(14-9-13-11)15-5-3-4-10(7-15)8-16/h6,8-10H,2-5,7H2,1H3. The lowest BCUT2D eigenvalue weighted by atomic mass is 10.00. The van der Waals surface area contributed by atoms with E-state index in [0.29, 0.717) is 0 Å². The van der Waals surface area contributed by atoms with Crippen molar-refractivity contribution in [1.82, 2.24) is 9.97 Å². The van der Waals surface area contributed by atoms with Crippen molar-refractivity contribution in [2.75, 3.05) is 18.0 Å². The van der Waals surface area contributed by atoms with Gasteiger partial charge in [-0.3, -0.25) is 0 Å². The average molecular weight is 219 g/mol. The molecule has 1 fully saturated rings. The number of hydrogen-bond donors (Lipinski definition) is 0. The normalized spacial score (nSPS) is 20.8. The molecule has 0 amide bonds. The van der Waals surface area contributed by atoms with Crippen molar-refractivity contribution in [1.29, 1.82) is 0 Å². The number of aldehydes is 1. The van der Waals surface area contributed by atoms with Gasteiger partial charge in [0.1, 0.15) is 18.4 Å². The molecule has 0 aromatic carbocycles. The average Bonchev–Trinajstić information content (AvgIpc) is 2.39. The topological polar surface area (TPSA) is 46.1 Å². The molecule has 0 N–H and O–H groups in total. The van der Waals surface area contributed by atoms with Crippen LogP contribution < -0.4 is 4.90 Å². The Morgan fingerprint density at radius 1 is 1.56 bits per heavy atom. The molecule has 4 heteroatoms. The van der Waals surface area contributed by atoms with Gasteiger partial charge in [-0.05, 0) is 19.3 Å². The second-order valence-electron chi connectivity index (χ2n) is 4.21. The number of rotatable bonds is 3. The molecule has 1 aliphatic heterocycles. The molecule has 0 spiro atoms. The Labute approximate surface area is 95.7 Å². The lowest BCUT2D eigenvalue weighted by molar-refractivity contribution is -0.111. The highest BCUT2D eigenvalue weighted by Gasteiger charge is 2.20. The van der Waals surface area contributed by atoms with Crippen molar-refractivity contribution >= 4 is 12.1 Å². The van der Waals surface area contributed by atoms with Crippen LogP contribution in [0.4, 0.5) is 5.82 Å². The van der Waals surface area contributed by atoms with Crippen LogP contribution in [-0.4, -0.2) is 29.3 Å². The van der Waals surface area contributed by atoms with E-state index >= 15 is 0 Å². The molecular weight excluding hydrogens is 202 g/mol. The minimum Gasteiger partial charge on any atom is -0.356 e. The van der Waals surface area contributed by atoms with Crippen LogP contribution in [0.25, 0.3) is 0 Å². The predicted octanol–water partition coefficient (Wildman–Crippen LogP) is 1.45. The maximum Gasteiger partial charge on any atom is 0.132 e. The molecule has 1 unspecified atom stereocenters. The first kappa shape index (κ1) is 11.0. The third-order valence-corrected chi connectivity index (χ3v) is 3.05. The van der Waals surface area contributed by atoms with Gasteiger partial charge >= 0.3 is 0 Å². The van der Waals surface area contributed by atoms with E-state index in [1.807, 2.05) is 6.07 Å². The van der Waals surface area contributed by atoms with Gasteiger partial charge in [0.2, 0.25) is 0 Å². The quantitative estimate of drug-likeness (QED) is 0.722. The molecule has 86 valence electrons. The van der Waals surface area contributed by atoms with Crippen LogP contribution >= 0.6 is 0 Å². The van der Waals surface area contributed by atoms with Gasteiger partial charge in [0.05, 0.1) is 0 Å². The maximum absolute atomic E-state index is 10.8. The highest BCUT2D eigenvalue weighted by molar-refractivity contribution is 5.56. The summed E-state index contributed by atoms with van der Waals surface area (Å²) in [7, 11) is 0. The molecule has 0 saturated carbocycles. The lowest BCUT2D eigenvalue weighted by Crippen LogP contribution is -2.36. The van der Waals surface area contributed by atoms with Crippen molar-refractivity contribution in [2.45, 2.75) is 26.2 Å². The van der Waals surface area contributed by atoms with Gasteiger partial charge in [-0.2, -0.15) is 0 Å². The van der Waals surface area contributed by atoms with E-state index in [-0.39, 0.29) is 5.92 Å². The lowest BCUT2D eigenvalue weighted by Gasteiger charge is -2.31. The largest absolute Gasteiger partial charge is 0.356 e. The predicted molar refractivity (Wildman–Crippen MR) is 62.4 cm³/mol. The third kappa shape index (κ3) is 2.38. The number of aromatic nitrogens is 2. The number of carbonyl (C=O) groups is 1. The van der Waals surface area contributed by atoms with Crippen LogP contribution in [0.1, 0.15) is 25.5 Å². The molecule has 0 bridgehead atoms. The Bertz CT molecular complexity index is 367. The molecule has 2 heterocycles. The second-order valence-corrected chi connectivity index (χ2v) is 4.21. The van der Waals surface area contributed by atoms with Crippen molar-refractivity contribution in [3.05, 3.63) is 18.1 Å². The van der Waals surface area contributed by atoms with Crippen LogP contribution in [-0.2, 0) is 11.2 Å². The zero-order valence-corrected chi connectivity index (χ0v) is 9.59. The van der Waals surface area contributed by atoms with E-state index in [0.717, 1.165) is 50.1 Å². The summed E-state index contributed by atoms with van der Waals surface area (Å²) in [5, 5.41) is 0. The van der Waals surface area contributed by atoms with Crippen LogP contribution in [0.2, 0.25) is 0 Å². The van der Waals surface area contributed by atoms with Crippen LogP contribution in [0.3, 0.4) is 0 Å². The molecule has 1 atom stereocenters. The smallest absolute Gasteiger partial charge is 0.132 e. The maximum atomic E-state index is 10.8. The summed E-state index contributed by atoms with van der Waals surface area (Å²) in [6.45, 7) is 3.87. The second kappa shape index (κ2) is 5.05. The van der Waals surface area contributed by atoms with E-state index in [4.69, 9.17) is 0 Å². The molecule has 1 aromatic rings. The molecule has 1 aliphatic rings. The van der Waals surface area contributed by atoms with Gasteiger partial charge in [0.25, 0.3) is 0 Å². The van der Waals surface area contributed by atoms with E-state index in [9.17, 15) is 4.79 Å². The fraction of sp³-hybridized carbons (Fsp3) is 0.583. The first-order valence-electron chi connectivity index (χ1n) is 5.84. The van der Waals surface area contributed by atoms with E-state index in [1.165, 1.54) is 0 Å². The van der Waals surface area contributed by atoms with Crippen molar-refractivity contribution < 1.29 is 4.79 Å². The SMILES string of the molecule is CCc1cc(N2CCCC(C=O)C2)ncn1. The highest BCUT2D eigenvalue weighted by Crippen LogP contribution is 2.20. The van der Waals surface area contributed by atoms with Gasteiger partial charge in [0.15, 0.2) is 0 Å². The van der Waals surface area contributed by atoms with Crippen molar-refractivity contribution in [3.63, 3.8) is 0 Å². The Morgan fingerprint density at radius 3 is 3.19 bits per heavy atom. The van der Waals surface area contributed by atoms with E-state index in [1.54, 1.807) is 6.33 Å². The number of anilines is 1. The van der Waals surface area contributed by atoms with Gasteiger partial charge < -0.3 is 9.69 Å². The molecule has 0 aliphatic carbocycles. The van der Waals surface area contributed by atoms with Gasteiger partial charge in [-0.25, -0.2) is 9.97 Å². The van der Waals surface area contributed by atoms with Crippen molar-refractivity contribution in [3.8, 4) is 0 Å². The fourth-order valence-corrected chi connectivity index (χ4v) is 2.08. The summed E-state index contributed by atoms with van der Waals surface area (Å²) >= 11 is 0. The number of aryl methyl sites for hydroxylation is 1. The molecule has 1 saturated heterocycles. The summed E-state index contributed by atoms with van der Waals surface area (Å²) in [4.78, 5) is 21.4. The Morgan fingerprint density at radius 2 is 2.44 bits per heavy atom. The summed E-state index contributed by atoms with van der Waals surface area (Å²) < 4.78 is 0. The molecule has 4 nitrogen and oxygen atoms in total. The zero-order valence-electron chi connectivity index (χ0n) is 9.59. The van der Waals surface area contributed by atoms with E-state index < -0.39 is 0 Å². The monoisotopic (exact) mass is 219 g/mol. The van der Waals surface area contributed by atoms with Crippen molar-refractivity contribution in [2.24, 2.45) is 5.92 Å². The number of hydrogen-bond acceptors (Lipinski definition) is 4. The molecule has 16 heavy (non-hydrogen) atoms. The first-order chi connectivity index (χ1) is 7.83. The third-order valence-electron chi connectivity index (χ3n) is 3.05. The minimum atomic E-state index is 0.161. The minimum absolute atomic E-state index is 0.161. The molecule has 0 radical (unpaired) electrons. The first-order valence-corrected chi connectivity index (χ1v) is 5.84. The Hall–Kier alpha value is -1.45. The summed E-state index contributed by atoms with van der Waals surface area (Å²) in [5.74, 6) is 1.12. The van der Waals surface area contributed by atoms with Crippen LogP contribution in [0.5, 0.6) is 0 Å². The number of nitrogens with zero attached hydrogens (tertiary/aromatic N) is 3. The summed E-state index contributed by atoms with van der Waals surface area (Å²) in [5.41, 5.74) is 1.05. The van der Waals surface area contributed by atoms with Gasteiger partial charge in [-0.15, -0.1) is 0 Å². The van der Waals surface area contributed by atoms with E-state index in [2.05, 4.69) is 21.8 Å². The number of carbonyl (C=O) groups excluding carboxylic acids is 1. The Balaban J connectivity index is 2.13. The molecular formula is C12H17N3O. The Kier molecular flexibility index (Phi) is 3.49.